The van der Waals surface area contributed by atoms with Crippen LogP contribution >= 0.6 is 47.8 Å². The monoisotopic (exact) mass is 570 g/mol. The molecule has 0 N–H and O–H groups in total. The minimum Gasteiger partial charge on any atom is -0.483 e. The minimum atomic E-state index is -0.103. The highest BCUT2D eigenvalue weighted by Gasteiger charge is 2.12. The van der Waals surface area contributed by atoms with Crippen molar-refractivity contribution in [1.82, 2.24) is 9.78 Å². The predicted octanol–water partition coefficient (Wildman–Crippen LogP) is 6.57. The summed E-state index contributed by atoms with van der Waals surface area (Å²) in [6.07, 6.45) is 4.91. The molecule has 0 aliphatic carbocycles. The van der Waals surface area contributed by atoms with Gasteiger partial charge in [0.05, 0.1) is 20.2 Å². The van der Waals surface area contributed by atoms with Crippen molar-refractivity contribution in [2.45, 2.75) is 27.0 Å². The van der Waals surface area contributed by atoms with Crippen molar-refractivity contribution in [2.75, 3.05) is 0 Å². The molecule has 0 aliphatic rings. The normalized spacial score (nSPS) is 11.3. The Morgan fingerprint density at radius 2 is 1.96 bits per heavy atom. The van der Waals surface area contributed by atoms with Crippen LogP contribution in [-0.4, -0.2) is 15.6 Å². The maximum atomic E-state index is 12.4. The molecule has 5 nitrogen and oxygen atoms in total. The Balaban J connectivity index is 1.65. The number of nitrogens with zero attached hydrogens (tertiary/aromatic N) is 2. The Labute approximate surface area is 188 Å². The van der Waals surface area contributed by atoms with Gasteiger partial charge >= 0.3 is 0 Å². The van der Waals surface area contributed by atoms with Gasteiger partial charge in [0.15, 0.2) is 5.78 Å². The largest absolute Gasteiger partial charge is 0.483 e. The molecule has 3 rings (SSSR count). The molecule has 0 amide bonds. The highest BCUT2D eigenvalue weighted by molar-refractivity contribution is 9.11. The third-order valence-corrected chi connectivity index (χ3v) is 5.57. The number of benzene rings is 1. The van der Waals surface area contributed by atoms with E-state index in [0.717, 1.165) is 25.7 Å². The first-order valence-electron chi connectivity index (χ1n) is 8.50. The molecule has 2 aromatic heterocycles. The fourth-order valence-electron chi connectivity index (χ4n) is 2.54. The summed E-state index contributed by atoms with van der Waals surface area (Å²) in [4.78, 5) is 12.4. The number of ether oxygens (including phenoxy) is 1. The summed E-state index contributed by atoms with van der Waals surface area (Å²) in [5.74, 6) is 1.83. The first-order chi connectivity index (χ1) is 13.4. The van der Waals surface area contributed by atoms with Gasteiger partial charge in [0.2, 0.25) is 0 Å². The van der Waals surface area contributed by atoms with Crippen LogP contribution in [0.5, 0.6) is 5.75 Å². The van der Waals surface area contributed by atoms with Crippen molar-refractivity contribution >= 4 is 59.6 Å². The second-order valence-corrected chi connectivity index (χ2v) is 8.60. The number of carbonyl (C=O) groups excluding carboxylic acids is 1. The highest BCUT2D eigenvalue weighted by atomic mass is 79.9. The van der Waals surface area contributed by atoms with Gasteiger partial charge in [-0.05, 0) is 82.1 Å². The zero-order chi connectivity index (χ0) is 20.3. The van der Waals surface area contributed by atoms with Crippen LogP contribution in [0.1, 0.15) is 34.5 Å². The number of halogens is 3. The lowest BCUT2D eigenvalue weighted by Crippen LogP contribution is -1.95. The standard InChI is InChI=1S/C20H17Br3N2O3/c1-3-25-10-16(12(2)24-25)19(26)7-6-14-4-5-15(28-14)11-27-20-17(22)8-13(21)9-18(20)23/h4-10H,3,11H2,1-2H3/b7-6+. The van der Waals surface area contributed by atoms with E-state index in [1.54, 1.807) is 23.0 Å². The molecule has 0 fully saturated rings. The number of ketones is 1. The molecule has 28 heavy (non-hydrogen) atoms. The molecule has 146 valence electrons. The zero-order valence-electron chi connectivity index (χ0n) is 15.2. The number of aromatic nitrogens is 2. The van der Waals surface area contributed by atoms with Gasteiger partial charge in [-0.25, -0.2) is 0 Å². The maximum absolute atomic E-state index is 12.4. The van der Waals surface area contributed by atoms with Gasteiger partial charge < -0.3 is 9.15 Å². The SMILES string of the molecule is CCn1cc(C(=O)/C=C/c2ccc(COc3c(Br)cc(Br)cc3Br)o2)c(C)n1. The van der Waals surface area contributed by atoms with E-state index in [1.165, 1.54) is 6.08 Å². The topological polar surface area (TPSA) is 57.3 Å². The molecule has 0 saturated heterocycles. The Bertz CT molecular complexity index is 1010. The summed E-state index contributed by atoms with van der Waals surface area (Å²) < 4.78 is 15.9. The lowest BCUT2D eigenvalue weighted by molar-refractivity contribution is 0.104. The fourth-order valence-corrected chi connectivity index (χ4v) is 5.03. The van der Waals surface area contributed by atoms with Gasteiger partial charge in [0.1, 0.15) is 23.9 Å². The van der Waals surface area contributed by atoms with Crippen LogP contribution in [0.15, 0.2) is 54.4 Å². The van der Waals surface area contributed by atoms with Crippen molar-refractivity contribution in [1.29, 1.82) is 0 Å². The second-order valence-electron chi connectivity index (χ2n) is 5.97. The number of carbonyl (C=O) groups is 1. The predicted molar refractivity (Wildman–Crippen MR) is 119 cm³/mol. The Kier molecular flexibility index (Phi) is 6.95. The van der Waals surface area contributed by atoms with Crippen LogP contribution in [0.3, 0.4) is 0 Å². The van der Waals surface area contributed by atoms with Crippen LogP contribution in [0, 0.1) is 6.92 Å². The van der Waals surface area contributed by atoms with Gasteiger partial charge in [-0.2, -0.15) is 5.10 Å². The van der Waals surface area contributed by atoms with Crippen molar-refractivity contribution in [3.05, 3.63) is 72.7 Å². The van der Waals surface area contributed by atoms with Gasteiger partial charge in [-0.15, -0.1) is 0 Å². The first-order valence-corrected chi connectivity index (χ1v) is 10.9. The van der Waals surface area contributed by atoms with Crippen LogP contribution < -0.4 is 4.74 Å². The third kappa shape index (κ3) is 5.04. The number of hydrogen-bond acceptors (Lipinski definition) is 4. The summed E-state index contributed by atoms with van der Waals surface area (Å²) in [5.41, 5.74) is 1.31. The molecule has 0 aliphatic heterocycles. The molecular formula is C20H17Br3N2O3. The molecule has 2 heterocycles. The Morgan fingerprint density at radius 1 is 1.25 bits per heavy atom. The number of hydrogen-bond donors (Lipinski definition) is 0. The molecule has 0 bridgehead atoms. The van der Waals surface area contributed by atoms with Crippen molar-refractivity contribution in [3.8, 4) is 5.75 Å². The average Bonchev–Trinajstić information content (AvgIpc) is 3.25. The Hall–Kier alpha value is -1.64. The Morgan fingerprint density at radius 3 is 2.61 bits per heavy atom. The minimum absolute atomic E-state index is 0.103. The summed E-state index contributed by atoms with van der Waals surface area (Å²) in [6.45, 7) is 4.80. The van der Waals surface area contributed by atoms with Crippen LogP contribution in [0.25, 0.3) is 6.08 Å². The van der Waals surface area contributed by atoms with Gasteiger partial charge in [-0.1, -0.05) is 15.9 Å². The second kappa shape index (κ2) is 9.24. The van der Waals surface area contributed by atoms with Crippen LogP contribution in [0.4, 0.5) is 0 Å². The lowest BCUT2D eigenvalue weighted by Gasteiger charge is -2.09. The highest BCUT2D eigenvalue weighted by Crippen LogP contribution is 2.36. The number of rotatable bonds is 7. The van der Waals surface area contributed by atoms with Gasteiger partial charge in [-0.3, -0.25) is 9.48 Å². The van der Waals surface area contributed by atoms with E-state index in [1.807, 2.05) is 32.0 Å². The summed E-state index contributed by atoms with van der Waals surface area (Å²) in [5, 5.41) is 4.29. The molecule has 3 aromatic rings. The van der Waals surface area contributed by atoms with E-state index in [4.69, 9.17) is 9.15 Å². The number of allylic oxidation sites excluding steroid dienone is 1. The van der Waals surface area contributed by atoms with Crippen LogP contribution in [-0.2, 0) is 13.2 Å². The van der Waals surface area contributed by atoms with Crippen molar-refractivity contribution in [2.24, 2.45) is 0 Å². The van der Waals surface area contributed by atoms with Crippen molar-refractivity contribution in [3.63, 3.8) is 0 Å². The van der Waals surface area contributed by atoms with Gasteiger partial charge in [0, 0.05) is 17.2 Å². The van der Waals surface area contributed by atoms with E-state index in [0.29, 0.717) is 22.8 Å². The molecule has 8 heteroatoms. The molecular weight excluding hydrogens is 556 g/mol. The molecule has 1 aromatic carbocycles. The molecule has 0 atom stereocenters. The van der Waals surface area contributed by atoms with Crippen LogP contribution in [0.2, 0.25) is 0 Å². The molecule has 0 unspecified atom stereocenters. The van der Waals surface area contributed by atoms with Crippen molar-refractivity contribution < 1.29 is 13.9 Å². The lowest BCUT2D eigenvalue weighted by atomic mass is 10.1. The smallest absolute Gasteiger partial charge is 0.189 e. The fraction of sp³-hybridized carbons (Fsp3) is 0.200. The number of aryl methyl sites for hydroxylation is 2. The summed E-state index contributed by atoms with van der Waals surface area (Å²) >= 11 is 10.4. The average molecular weight is 573 g/mol. The summed E-state index contributed by atoms with van der Waals surface area (Å²) in [6, 6.07) is 7.44. The quantitative estimate of drug-likeness (QED) is 0.237. The summed E-state index contributed by atoms with van der Waals surface area (Å²) in [7, 11) is 0. The molecule has 0 spiro atoms. The zero-order valence-corrected chi connectivity index (χ0v) is 20.0. The number of furan rings is 1. The van der Waals surface area contributed by atoms with Gasteiger partial charge in [0.25, 0.3) is 0 Å². The van der Waals surface area contributed by atoms with E-state index >= 15 is 0 Å². The van der Waals surface area contributed by atoms with E-state index < -0.39 is 0 Å². The first kappa shape index (κ1) is 21.1. The maximum Gasteiger partial charge on any atom is 0.189 e. The molecule has 0 radical (unpaired) electrons. The van der Waals surface area contributed by atoms with E-state index in [-0.39, 0.29) is 12.4 Å². The third-order valence-electron chi connectivity index (χ3n) is 3.94. The van der Waals surface area contributed by atoms with E-state index in [9.17, 15) is 4.79 Å². The van der Waals surface area contributed by atoms with E-state index in [2.05, 4.69) is 52.9 Å². The molecule has 0 saturated carbocycles.